The zero-order valence-electron chi connectivity index (χ0n) is 19.8. The zero-order chi connectivity index (χ0) is 25.3. The SMILES string of the molecule is Cc1ccc(C(C)Nc2ncnc3c(S(=O)(=O)N4CCOCC4)cc(-c4ccc(F)cc4)cc23)nn1. The third-order valence-electron chi connectivity index (χ3n) is 6.08. The van der Waals surface area contributed by atoms with E-state index >= 15 is 0 Å². The molecule has 0 bridgehead atoms. The Labute approximate surface area is 208 Å². The summed E-state index contributed by atoms with van der Waals surface area (Å²) >= 11 is 0. The Hall–Kier alpha value is -3.54. The van der Waals surface area contributed by atoms with Gasteiger partial charge in [-0.05, 0) is 61.4 Å². The van der Waals surface area contributed by atoms with Gasteiger partial charge >= 0.3 is 0 Å². The van der Waals surface area contributed by atoms with Gasteiger partial charge in [-0.15, -0.1) is 0 Å². The fourth-order valence-corrected chi connectivity index (χ4v) is 5.69. The average Bonchev–Trinajstić information content (AvgIpc) is 2.89. The highest BCUT2D eigenvalue weighted by atomic mass is 32.2. The van der Waals surface area contributed by atoms with Crippen LogP contribution in [0.3, 0.4) is 0 Å². The molecular formula is C25H25FN6O3S. The van der Waals surface area contributed by atoms with Crippen molar-refractivity contribution >= 4 is 26.7 Å². The number of fused-ring (bicyclic) bond motifs is 1. The molecule has 0 saturated carbocycles. The summed E-state index contributed by atoms with van der Waals surface area (Å²) in [7, 11) is -3.89. The van der Waals surface area contributed by atoms with Gasteiger partial charge in [0.1, 0.15) is 22.9 Å². The first kappa shape index (κ1) is 24.2. The lowest BCUT2D eigenvalue weighted by Crippen LogP contribution is -2.40. The van der Waals surface area contributed by atoms with E-state index in [4.69, 9.17) is 4.74 Å². The van der Waals surface area contributed by atoms with Gasteiger partial charge in [0, 0.05) is 18.5 Å². The van der Waals surface area contributed by atoms with Gasteiger partial charge in [0.15, 0.2) is 0 Å². The molecule has 9 nitrogen and oxygen atoms in total. The molecule has 1 N–H and O–H groups in total. The Morgan fingerprint density at radius 3 is 2.44 bits per heavy atom. The van der Waals surface area contributed by atoms with E-state index in [0.717, 1.165) is 5.69 Å². The quantitative estimate of drug-likeness (QED) is 0.420. The Bertz CT molecular complexity index is 1490. The lowest BCUT2D eigenvalue weighted by Gasteiger charge is -2.26. The van der Waals surface area contributed by atoms with Gasteiger partial charge in [0.25, 0.3) is 0 Å². The van der Waals surface area contributed by atoms with Crippen molar-refractivity contribution in [1.29, 1.82) is 0 Å². The third kappa shape index (κ3) is 4.77. The molecule has 1 aliphatic heterocycles. The predicted octanol–water partition coefficient (Wildman–Crippen LogP) is 3.73. The first-order valence-electron chi connectivity index (χ1n) is 11.5. The summed E-state index contributed by atoms with van der Waals surface area (Å²) in [5.41, 5.74) is 3.09. The van der Waals surface area contributed by atoms with Crippen LogP contribution in [0.15, 0.2) is 59.8 Å². The first-order valence-corrected chi connectivity index (χ1v) is 13.0. The lowest BCUT2D eigenvalue weighted by atomic mass is 10.0. The molecule has 36 heavy (non-hydrogen) atoms. The lowest BCUT2D eigenvalue weighted by molar-refractivity contribution is 0.0730. The van der Waals surface area contributed by atoms with Gasteiger partial charge in [-0.3, -0.25) is 0 Å². The minimum absolute atomic E-state index is 0.0643. The van der Waals surface area contributed by atoms with Crippen molar-refractivity contribution in [1.82, 2.24) is 24.5 Å². The highest BCUT2D eigenvalue weighted by Crippen LogP contribution is 2.34. The van der Waals surface area contributed by atoms with Gasteiger partial charge in [-0.25, -0.2) is 22.8 Å². The van der Waals surface area contributed by atoms with Crippen LogP contribution in [0.1, 0.15) is 24.4 Å². The zero-order valence-corrected chi connectivity index (χ0v) is 20.7. The number of hydrogen-bond donors (Lipinski definition) is 1. The number of ether oxygens (including phenoxy) is 1. The molecule has 0 radical (unpaired) electrons. The summed E-state index contributed by atoms with van der Waals surface area (Å²) in [6, 6.07) is 12.8. The Kier molecular flexibility index (Phi) is 6.61. The van der Waals surface area contributed by atoms with Gasteiger partial charge in [-0.2, -0.15) is 14.5 Å². The smallest absolute Gasteiger partial charge is 0.245 e. The number of nitrogens with one attached hydrogen (secondary N) is 1. The first-order chi connectivity index (χ1) is 17.3. The summed E-state index contributed by atoms with van der Waals surface area (Å²) in [6.45, 7) is 4.94. The number of aryl methyl sites for hydroxylation is 1. The number of hydrogen-bond acceptors (Lipinski definition) is 8. The second-order valence-corrected chi connectivity index (χ2v) is 10.5. The largest absolute Gasteiger partial charge is 0.379 e. The number of aromatic nitrogens is 4. The normalized spacial score (nSPS) is 15.6. The molecule has 1 atom stereocenters. The van der Waals surface area contributed by atoms with Crippen LogP contribution in [0.4, 0.5) is 10.2 Å². The highest BCUT2D eigenvalue weighted by Gasteiger charge is 2.30. The number of anilines is 1. The van der Waals surface area contributed by atoms with Crippen LogP contribution in [-0.4, -0.2) is 59.2 Å². The van der Waals surface area contributed by atoms with Gasteiger partial charge < -0.3 is 10.1 Å². The molecule has 1 unspecified atom stereocenters. The van der Waals surface area contributed by atoms with Crippen LogP contribution in [0.5, 0.6) is 0 Å². The van der Waals surface area contributed by atoms with Gasteiger partial charge in [-0.1, -0.05) is 12.1 Å². The molecule has 4 aromatic rings. The third-order valence-corrected chi connectivity index (χ3v) is 8.00. The van der Waals surface area contributed by atoms with Crippen LogP contribution in [0.2, 0.25) is 0 Å². The van der Waals surface area contributed by atoms with Crippen molar-refractivity contribution in [2.24, 2.45) is 0 Å². The Morgan fingerprint density at radius 1 is 1.00 bits per heavy atom. The molecule has 1 aliphatic rings. The standard InChI is InChI=1S/C25H25FN6O3S/c1-16-3-8-22(31-30-16)17(2)29-25-21-13-19(18-4-6-20(26)7-5-18)14-23(24(21)27-15-28-25)36(33,34)32-9-11-35-12-10-32/h3-8,13-15,17H,9-12H2,1-2H3,(H,27,28,29). The van der Waals surface area contributed by atoms with Crippen LogP contribution < -0.4 is 5.32 Å². The van der Waals surface area contributed by atoms with E-state index in [0.29, 0.717) is 46.8 Å². The van der Waals surface area contributed by atoms with E-state index in [1.54, 1.807) is 18.2 Å². The average molecular weight is 509 g/mol. The number of halogens is 1. The second-order valence-electron chi connectivity index (χ2n) is 8.58. The number of rotatable bonds is 6. The minimum Gasteiger partial charge on any atom is -0.379 e. The van der Waals surface area contributed by atoms with E-state index in [9.17, 15) is 12.8 Å². The monoisotopic (exact) mass is 508 g/mol. The number of benzene rings is 2. The molecule has 1 saturated heterocycles. The fraction of sp³-hybridized carbons (Fsp3) is 0.280. The minimum atomic E-state index is -3.89. The van der Waals surface area contributed by atoms with E-state index in [1.807, 2.05) is 32.0 Å². The van der Waals surface area contributed by atoms with Crippen LogP contribution in [0.25, 0.3) is 22.0 Å². The van der Waals surface area contributed by atoms with E-state index in [2.05, 4.69) is 25.5 Å². The number of sulfonamides is 1. The molecule has 3 heterocycles. The molecule has 1 fully saturated rings. The maximum Gasteiger partial charge on any atom is 0.245 e. The predicted molar refractivity (Wildman–Crippen MR) is 133 cm³/mol. The van der Waals surface area contributed by atoms with Crippen molar-refractivity contribution in [3.63, 3.8) is 0 Å². The van der Waals surface area contributed by atoms with E-state index in [1.165, 1.54) is 22.8 Å². The second kappa shape index (κ2) is 9.84. The van der Waals surface area contributed by atoms with Crippen LogP contribution >= 0.6 is 0 Å². The van der Waals surface area contributed by atoms with Crippen molar-refractivity contribution in [3.05, 3.63) is 72.1 Å². The van der Waals surface area contributed by atoms with Crippen molar-refractivity contribution in [3.8, 4) is 11.1 Å². The molecule has 0 spiro atoms. The molecule has 0 amide bonds. The maximum absolute atomic E-state index is 13.7. The highest BCUT2D eigenvalue weighted by molar-refractivity contribution is 7.89. The number of nitrogens with zero attached hydrogens (tertiary/aromatic N) is 5. The van der Waals surface area contributed by atoms with Crippen LogP contribution in [-0.2, 0) is 14.8 Å². The molecule has 5 rings (SSSR count). The summed E-state index contributed by atoms with van der Waals surface area (Å²) in [6.07, 6.45) is 1.34. The van der Waals surface area contributed by atoms with Crippen molar-refractivity contribution in [2.45, 2.75) is 24.8 Å². The van der Waals surface area contributed by atoms with E-state index < -0.39 is 10.0 Å². The fourth-order valence-electron chi connectivity index (χ4n) is 4.10. The molecular weight excluding hydrogens is 483 g/mol. The topological polar surface area (TPSA) is 110 Å². The Balaban J connectivity index is 1.66. The van der Waals surface area contributed by atoms with Gasteiger partial charge in [0.2, 0.25) is 10.0 Å². The number of morpholine rings is 1. The van der Waals surface area contributed by atoms with Crippen LogP contribution in [0, 0.1) is 12.7 Å². The molecule has 2 aromatic heterocycles. The van der Waals surface area contributed by atoms with Crippen molar-refractivity contribution in [2.75, 3.05) is 31.6 Å². The summed E-state index contributed by atoms with van der Waals surface area (Å²) in [5, 5.41) is 12.2. The maximum atomic E-state index is 13.7. The summed E-state index contributed by atoms with van der Waals surface area (Å²) in [4.78, 5) is 8.85. The van der Waals surface area contributed by atoms with Gasteiger partial charge in [0.05, 0.1) is 36.2 Å². The summed E-state index contributed by atoms with van der Waals surface area (Å²) < 4.78 is 47.8. The Morgan fingerprint density at radius 2 is 1.75 bits per heavy atom. The summed E-state index contributed by atoms with van der Waals surface area (Å²) in [5.74, 6) is 0.0803. The van der Waals surface area contributed by atoms with Crippen molar-refractivity contribution < 1.29 is 17.5 Å². The molecule has 186 valence electrons. The molecule has 2 aromatic carbocycles. The van der Waals surface area contributed by atoms with E-state index in [-0.39, 0.29) is 29.8 Å². The molecule has 11 heteroatoms. The molecule has 0 aliphatic carbocycles.